The van der Waals surface area contributed by atoms with Crippen LogP contribution in [0.4, 0.5) is 0 Å². The number of aryl methyl sites for hydroxylation is 1. The van der Waals surface area contributed by atoms with E-state index in [9.17, 15) is 4.79 Å². The summed E-state index contributed by atoms with van der Waals surface area (Å²) in [5.74, 6) is 1.22. The quantitative estimate of drug-likeness (QED) is 0.242. The topological polar surface area (TPSA) is 110 Å². The van der Waals surface area contributed by atoms with Gasteiger partial charge in [0.25, 0.3) is 0 Å². The van der Waals surface area contributed by atoms with Crippen molar-refractivity contribution in [3.05, 3.63) is 120 Å². The maximum atomic E-state index is 12.9. The Labute approximate surface area is 232 Å². The SMILES string of the molecule is NCc1ccc(-c2nc3ccnc(CCC(=O)Cc4nc(-c5ccccc5)n[nH]4)c3cc2-c2ccccc2)cc1. The summed E-state index contributed by atoms with van der Waals surface area (Å²) >= 11 is 0. The monoisotopic (exact) mass is 524 g/mol. The van der Waals surface area contributed by atoms with Crippen LogP contribution in [0.2, 0.25) is 0 Å². The molecule has 3 aromatic carbocycles. The van der Waals surface area contributed by atoms with Crippen molar-refractivity contribution in [2.45, 2.75) is 25.8 Å². The van der Waals surface area contributed by atoms with E-state index < -0.39 is 0 Å². The molecule has 0 fully saturated rings. The molecule has 6 rings (SSSR count). The Balaban J connectivity index is 1.27. The van der Waals surface area contributed by atoms with Crippen LogP contribution in [0.3, 0.4) is 0 Å². The standard InChI is InChI=1S/C33H28N6O/c34-21-22-11-13-24(14-12-22)32-27(23-7-3-1-4-8-23)20-28-29(35-18-17-30(28)36-32)16-15-26(40)19-31-37-33(39-38-31)25-9-5-2-6-10-25/h1-14,17-18,20H,15-16,19,21,34H2,(H,37,38,39). The molecule has 0 amide bonds. The molecule has 3 aromatic heterocycles. The minimum absolute atomic E-state index is 0.0717. The highest BCUT2D eigenvalue weighted by Gasteiger charge is 2.16. The summed E-state index contributed by atoms with van der Waals surface area (Å²) in [5, 5.41) is 8.11. The lowest BCUT2D eigenvalue weighted by molar-refractivity contribution is -0.118. The normalized spacial score (nSPS) is 11.1. The number of aromatic nitrogens is 5. The molecule has 40 heavy (non-hydrogen) atoms. The van der Waals surface area contributed by atoms with Crippen LogP contribution in [0, 0.1) is 0 Å². The molecule has 3 heterocycles. The van der Waals surface area contributed by atoms with Gasteiger partial charge >= 0.3 is 0 Å². The van der Waals surface area contributed by atoms with Gasteiger partial charge in [0.1, 0.15) is 11.6 Å². The van der Waals surface area contributed by atoms with Crippen LogP contribution in [0.5, 0.6) is 0 Å². The number of rotatable bonds is 9. The second-order valence-electron chi connectivity index (χ2n) is 9.66. The van der Waals surface area contributed by atoms with Gasteiger partial charge in [-0.1, -0.05) is 84.9 Å². The summed E-state index contributed by atoms with van der Waals surface area (Å²) < 4.78 is 0. The number of pyridine rings is 2. The van der Waals surface area contributed by atoms with E-state index in [1.54, 1.807) is 6.20 Å². The highest BCUT2D eigenvalue weighted by Crippen LogP contribution is 2.34. The number of aromatic amines is 1. The number of hydrogen-bond acceptors (Lipinski definition) is 6. The third-order valence-electron chi connectivity index (χ3n) is 6.94. The molecule has 0 aliphatic heterocycles. The first-order valence-electron chi connectivity index (χ1n) is 13.3. The zero-order chi connectivity index (χ0) is 27.3. The van der Waals surface area contributed by atoms with E-state index in [2.05, 4.69) is 50.5 Å². The van der Waals surface area contributed by atoms with Crippen molar-refractivity contribution >= 4 is 16.7 Å². The van der Waals surface area contributed by atoms with Crippen LogP contribution < -0.4 is 5.73 Å². The lowest BCUT2D eigenvalue weighted by Gasteiger charge is -2.14. The number of H-pyrrole nitrogens is 1. The molecule has 0 unspecified atom stereocenters. The number of carbonyl (C=O) groups excluding carboxylic acids is 1. The highest BCUT2D eigenvalue weighted by molar-refractivity contribution is 5.93. The Kier molecular flexibility index (Phi) is 7.20. The third kappa shape index (κ3) is 5.41. The number of carbonyl (C=O) groups is 1. The van der Waals surface area contributed by atoms with Gasteiger partial charge in [0.2, 0.25) is 0 Å². The van der Waals surface area contributed by atoms with Gasteiger partial charge in [-0.3, -0.25) is 14.9 Å². The molecule has 0 aliphatic carbocycles. The maximum Gasteiger partial charge on any atom is 0.181 e. The number of fused-ring (bicyclic) bond motifs is 1. The summed E-state index contributed by atoms with van der Waals surface area (Å²) in [7, 11) is 0. The Bertz CT molecular complexity index is 1760. The Morgan fingerprint density at radius 2 is 1.52 bits per heavy atom. The van der Waals surface area contributed by atoms with E-state index in [4.69, 9.17) is 10.7 Å². The fraction of sp³-hybridized carbons (Fsp3) is 0.121. The second-order valence-corrected chi connectivity index (χ2v) is 9.66. The summed E-state index contributed by atoms with van der Waals surface area (Å²) in [4.78, 5) is 27.1. The van der Waals surface area contributed by atoms with E-state index in [1.165, 1.54) is 0 Å². The molecule has 0 saturated carbocycles. The van der Waals surface area contributed by atoms with Crippen molar-refractivity contribution in [3.8, 4) is 33.8 Å². The first-order chi connectivity index (χ1) is 19.7. The summed E-state index contributed by atoms with van der Waals surface area (Å²) in [5.41, 5.74) is 13.5. The molecular weight excluding hydrogens is 496 g/mol. The van der Waals surface area contributed by atoms with Crippen molar-refractivity contribution < 1.29 is 4.79 Å². The number of nitrogens with one attached hydrogen (secondary N) is 1. The van der Waals surface area contributed by atoms with Crippen molar-refractivity contribution in [2.24, 2.45) is 5.73 Å². The van der Waals surface area contributed by atoms with Gasteiger partial charge in [-0.25, -0.2) is 9.97 Å². The number of Topliss-reactive ketones (excluding diaryl/α,β-unsaturated/α-hetero) is 1. The fourth-order valence-corrected chi connectivity index (χ4v) is 4.83. The van der Waals surface area contributed by atoms with Crippen LogP contribution in [0.15, 0.2) is 103 Å². The minimum atomic E-state index is 0.0717. The lowest BCUT2D eigenvalue weighted by atomic mass is 9.96. The van der Waals surface area contributed by atoms with Gasteiger partial charge in [0, 0.05) is 41.2 Å². The van der Waals surface area contributed by atoms with Gasteiger partial charge in [0.05, 0.1) is 23.3 Å². The van der Waals surface area contributed by atoms with Crippen LogP contribution in [-0.2, 0) is 24.2 Å². The molecule has 0 radical (unpaired) electrons. The smallest absolute Gasteiger partial charge is 0.181 e. The van der Waals surface area contributed by atoms with E-state index in [-0.39, 0.29) is 12.2 Å². The second kappa shape index (κ2) is 11.4. The molecule has 3 N–H and O–H groups in total. The van der Waals surface area contributed by atoms with Gasteiger partial charge in [-0.05, 0) is 29.7 Å². The van der Waals surface area contributed by atoms with Gasteiger partial charge < -0.3 is 5.73 Å². The first kappa shape index (κ1) is 25.3. The zero-order valence-corrected chi connectivity index (χ0v) is 21.9. The average Bonchev–Trinajstić information content (AvgIpc) is 3.48. The molecule has 0 bridgehead atoms. The molecule has 0 spiro atoms. The van der Waals surface area contributed by atoms with Crippen LogP contribution in [0.1, 0.15) is 23.5 Å². The molecule has 6 aromatic rings. The first-order valence-corrected chi connectivity index (χ1v) is 13.3. The molecule has 196 valence electrons. The van der Waals surface area contributed by atoms with Crippen LogP contribution in [-0.4, -0.2) is 30.9 Å². The number of ketones is 1. The number of benzene rings is 3. The van der Waals surface area contributed by atoms with E-state index in [0.29, 0.717) is 31.0 Å². The van der Waals surface area contributed by atoms with Gasteiger partial charge in [-0.2, -0.15) is 5.10 Å². The van der Waals surface area contributed by atoms with E-state index in [1.807, 2.05) is 66.7 Å². The molecule has 0 saturated heterocycles. The van der Waals surface area contributed by atoms with Gasteiger partial charge in [-0.15, -0.1) is 0 Å². The van der Waals surface area contributed by atoms with Crippen molar-refractivity contribution in [1.82, 2.24) is 25.1 Å². The molecule has 7 nitrogen and oxygen atoms in total. The Morgan fingerprint density at radius 1 is 0.800 bits per heavy atom. The zero-order valence-electron chi connectivity index (χ0n) is 21.9. The Morgan fingerprint density at radius 3 is 2.25 bits per heavy atom. The van der Waals surface area contributed by atoms with Crippen molar-refractivity contribution in [2.75, 3.05) is 0 Å². The molecular formula is C33H28N6O. The summed E-state index contributed by atoms with van der Waals surface area (Å²) in [6.07, 6.45) is 2.81. The fourth-order valence-electron chi connectivity index (χ4n) is 4.83. The predicted molar refractivity (Wildman–Crippen MR) is 157 cm³/mol. The lowest BCUT2D eigenvalue weighted by Crippen LogP contribution is -2.07. The Hall–Kier alpha value is -5.01. The van der Waals surface area contributed by atoms with Crippen molar-refractivity contribution in [1.29, 1.82) is 0 Å². The number of nitrogens with two attached hydrogens (primary N) is 1. The molecule has 7 heteroatoms. The highest BCUT2D eigenvalue weighted by atomic mass is 16.1. The van der Waals surface area contributed by atoms with Crippen molar-refractivity contribution in [3.63, 3.8) is 0 Å². The molecule has 0 atom stereocenters. The minimum Gasteiger partial charge on any atom is -0.326 e. The third-order valence-corrected chi connectivity index (χ3v) is 6.94. The summed E-state index contributed by atoms with van der Waals surface area (Å²) in [6.45, 7) is 0.495. The van der Waals surface area contributed by atoms with Crippen LogP contribution >= 0.6 is 0 Å². The summed E-state index contributed by atoms with van der Waals surface area (Å²) in [6, 6.07) is 32.2. The van der Waals surface area contributed by atoms with E-state index >= 15 is 0 Å². The predicted octanol–water partition coefficient (Wildman–Crippen LogP) is 5.95. The average molecular weight is 525 g/mol. The largest absolute Gasteiger partial charge is 0.326 e. The number of hydrogen-bond donors (Lipinski definition) is 2. The maximum absolute atomic E-state index is 12.9. The molecule has 0 aliphatic rings. The van der Waals surface area contributed by atoms with E-state index in [0.717, 1.165) is 50.1 Å². The van der Waals surface area contributed by atoms with Gasteiger partial charge in [0.15, 0.2) is 5.82 Å². The number of nitrogens with zero attached hydrogens (tertiary/aromatic N) is 4. The van der Waals surface area contributed by atoms with Crippen LogP contribution in [0.25, 0.3) is 44.7 Å².